The van der Waals surface area contributed by atoms with Gasteiger partial charge in [0.2, 0.25) is 0 Å². The Labute approximate surface area is 111 Å². The van der Waals surface area contributed by atoms with Crippen LogP contribution in [0.2, 0.25) is 0 Å². The van der Waals surface area contributed by atoms with Crippen LogP contribution in [0.25, 0.3) is 0 Å². The summed E-state index contributed by atoms with van der Waals surface area (Å²) in [5, 5.41) is 9.92. The van der Waals surface area contributed by atoms with Gasteiger partial charge in [-0.15, -0.1) is 0 Å². The molecule has 0 radical (unpaired) electrons. The van der Waals surface area contributed by atoms with E-state index in [4.69, 9.17) is 5.73 Å². The monoisotopic (exact) mass is 255 g/mol. The highest BCUT2D eigenvalue weighted by molar-refractivity contribution is 7.99. The van der Waals surface area contributed by atoms with E-state index in [0.29, 0.717) is 16.3 Å². The van der Waals surface area contributed by atoms with Gasteiger partial charge in [-0.3, -0.25) is 0 Å². The lowest BCUT2D eigenvalue weighted by molar-refractivity contribution is 1.03. The minimum Gasteiger partial charge on any atom is -0.398 e. The molecule has 1 heterocycles. The molecule has 18 heavy (non-hydrogen) atoms. The van der Waals surface area contributed by atoms with Crippen LogP contribution in [0.4, 0.5) is 5.69 Å². The molecule has 0 amide bonds. The Morgan fingerprint density at radius 3 is 2.67 bits per heavy atom. The summed E-state index contributed by atoms with van der Waals surface area (Å²) >= 11 is 1.44. The molecule has 1 aromatic carbocycles. The zero-order valence-corrected chi connectivity index (χ0v) is 11.1. The summed E-state index contributed by atoms with van der Waals surface area (Å²) in [5.41, 5.74) is 9.08. The molecule has 0 spiro atoms. The highest BCUT2D eigenvalue weighted by Gasteiger charge is 2.11. The molecule has 0 unspecified atom stereocenters. The van der Waals surface area contributed by atoms with E-state index in [1.54, 1.807) is 0 Å². The minimum atomic E-state index is 0.619. The number of hydrogen-bond acceptors (Lipinski definition) is 4. The molecule has 0 aliphatic heterocycles. The number of nitrogens with two attached hydrogens (primary N) is 1. The fraction of sp³-hybridized carbons (Fsp3) is 0.143. The molecule has 2 N–H and O–H groups in total. The predicted octanol–water partition coefficient (Wildman–Crippen LogP) is 3.30. The number of aromatic nitrogens is 1. The van der Waals surface area contributed by atoms with Crippen molar-refractivity contribution in [3.05, 3.63) is 47.2 Å². The van der Waals surface area contributed by atoms with Crippen molar-refractivity contribution in [3.63, 3.8) is 0 Å². The normalized spacial score (nSPS) is 10.1. The SMILES string of the molecule is Cc1cc(C)c(C#N)c(Sc2ccccc2N)n1. The van der Waals surface area contributed by atoms with Crippen molar-refractivity contribution in [1.29, 1.82) is 5.26 Å². The summed E-state index contributed by atoms with van der Waals surface area (Å²) in [6.07, 6.45) is 0. The zero-order valence-electron chi connectivity index (χ0n) is 10.3. The summed E-state index contributed by atoms with van der Waals surface area (Å²) < 4.78 is 0. The van der Waals surface area contributed by atoms with E-state index in [9.17, 15) is 5.26 Å². The molecule has 2 rings (SSSR count). The number of nitrogens with zero attached hydrogens (tertiary/aromatic N) is 2. The number of rotatable bonds is 2. The first-order valence-electron chi connectivity index (χ1n) is 5.52. The van der Waals surface area contributed by atoms with Crippen molar-refractivity contribution in [2.45, 2.75) is 23.8 Å². The van der Waals surface area contributed by atoms with Crippen molar-refractivity contribution in [2.75, 3.05) is 5.73 Å². The van der Waals surface area contributed by atoms with E-state index in [0.717, 1.165) is 16.2 Å². The maximum atomic E-state index is 9.20. The molecule has 0 saturated carbocycles. The highest BCUT2D eigenvalue weighted by atomic mass is 32.2. The molecule has 1 aromatic heterocycles. The molecular weight excluding hydrogens is 242 g/mol. The van der Waals surface area contributed by atoms with Crippen molar-refractivity contribution in [1.82, 2.24) is 4.98 Å². The van der Waals surface area contributed by atoms with Crippen LogP contribution in [-0.4, -0.2) is 4.98 Å². The number of hydrogen-bond donors (Lipinski definition) is 1. The van der Waals surface area contributed by atoms with Gasteiger partial charge in [0.1, 0.15) is 11.1 Å². The molecule has 0 fully saturated rings. The van der Waals surface area contributed by atoms with Gasteiger partial charge < -0.3 is 5.73 Å². The second-order valence-corrected chi connectivity index (χ2v) is 5.04. The van der Waals surface area contributed by atoms with Gasteiger partial charge in [-0.1, -0.05) is 23.9 Å². The van der Waals surface area contributed by atoms with E-state index in [-0.39, 0.29) is 0 Å². The van der Waals surface area contributed by atoms with Crippen LogP contribution in [0, 0.1) is 25.2 Å². The zero-order chi connectivity index (χ0) is 13.1. The Bertz CT molecular complexity index is 629. The summed E-state index contributed by atoms with van der Waals surface area (Å²) in [6, 6.07) is 11.7. The molecule has 0 aliphatic carbocycles. The number of anilines is 1. The predicted molar refractivity (Wildman–Crippen MR) is 73.4 cm³/mol. The average molecular weight is 255 g/mol. The topological polar surface area (TPSA) is 62.7 Å². The third-order valence-electron chi connectivity index (χ3n) is 2.55. The standard InChI is InChI=1S/C14H13N3S/c1-9-7-10(2)17-14(11(9)8-15)18-13-6-4-3-5-12(13)16/h3-7H,16H2,1-2H3. The largest absolute Gasteiger partial charge is 0.398 e. The molecule has 3 nitrogen and oxygen atoms in total. The van der Waals surface area contributed by atoms with Gasteiger partial charge in [-0.2, -0.15) is 5.26 Å². The van der Waals surface area contributed by atoms with E-state index in [1.807, 2.05) is 44.2 Å². The Balaban J connectivity index is 2.47. The van der Waals surface area contributed by atoms with Crippen LogP contribution in [0.15, 0.2) is 40.3 Å². The lowest BCUT2D eigenvalue weighted by Crippen LogP contribution is -1.95. The molecular formula is C14H13N3S. The molecule has 0 atom stereocenters. The van der Waals surface area contributed by atoms with E-state index >= 15 is 0 Å². The van der Waals surface area contributed by atoms with Crippen molar-refractivity contribution >= 4 is 17.4 Å². The van der Waals surface area contributed by atoms with Crippen LogP contribution in [-0.2, 0) is 0 Å². The lowest BCUT2D eigenvalue weighted by atomic mass is 10.1. The number of aryl methyl sites for hydroxylation is 2. The Morgan fingerprint density at radius 1 is 1.28 bits per heavy atom. The molecule has 0 aliphatic rings. The quantitative estimate of drug-likeness (QED) is 0.836. The van der Waals surface area contributed by atoms with E-state index < -0.39 is 0 Å². The van der Waals surface area contributed by atoms with Crippen molar-refractivity contribution < 1.29 is 0 Å². The van der Waals surface area contributed by atoms with Gasteiger partial charge in [0.25, 0.3) is 0 Å². The van der Waals surface area contributed by atoms with Gasteiger partial charge >= 0.3 is 0 Å². The first-order valence-corrected chi connectivity index (χ1v) is 6.34. The van der Waals surface area contributed by atoms with Crippen molar-refractivity contribution in [3.8, 4) is 6.07 Å². The number of benzene rings is 1. The lowest BCUT2D eigenvalue weighted by Gasteiger charge is -2.08. The third kappa shape index (κ3) is 2.47. The van der Waals surface area contributed by atoms with Crippen LogP contribution in [0.1, 0.15) is 16.8 Å². The Hall–Kier alpha value is -1.99. The van der Waals surface area contributed by atoms with Gasteiger partial charge in [0.05, 0.1) is 5.56 Å². The Morgan fingerprint density at radius 2 is 2.00 bits per heavy atom. The first-order chi connectivity index (χ1) is 8.61. The van der Waals surface area contributed by atoms with Crippen molar-refractivity contribution in [2.24, 2.45) is 0 Å². The fourth-order valence-corrected chi connectivity index (χ4v) is 2.73. The average Bonchev–Trinajstić information content (AvgIpc) is 2.31. The van der Waals surface area contributed by atoms with E-state index in [2.05, 4.69) is 11.1 Å². The van der Waals surface area contributed by atoms with Crippen LogP contribution >= 0.6 is 11.8 Å². The summed E-state index contributed by atoms with van der Waals surface area (Å²) in [6.45, 7) is 3.85. The second kappa shape index (κ2) is 5.11. The number of para-hydroxylation sites is 1. The van der Waals surface area contributed by atoms with Gasteiger partial charge in [0.15, 0.2) is 0 Å². The smallest absolute Gasteiger partial charge is 0.119 e. The third-order valence-corrected chi connectivity index (χ3v) is 3.63. The maximum Gasteiger partial charge on any atom is 0.119 e. The molecule has 90 valence electrons. The summed E-state index contributed by atoms with van der Waals surface area (Å²) in [5.74, 6) is 0. The van der Waals surface area contributed by atoms with Crippen LogP contribution in [0.5, 0.6) is 0 Å². The van der Waals surface area contributed by atoms with Gasteiger partial charge in [0, 0.05) is 16.3 Å². The maximum absolute atomic E-state index is 9.20. The number of nitrogen functional groups attached to an aromatic ring is 1. The molecule has 4 heteroatoms. The summed E-state index contributed by atoms with van der Waals surface area (Å²) in [7, 11) is 0. The fourth-order valence-electron chi connectivity index (χ4n) is 1.69. The number of nitriles is 1. The molecule has 0 bridgehead atoms. The molecule has 2 aromatic rings. The van der Waals surface area contributed by atoms with Gasteiger partial charge in [-0.05, 0) is 37.6 Å². The second-order valence-electron chi connectivity index (χ2n) is 4.01. The van der Waals surface area contributed by atoms with Crippen LogP contribution < -0.4 is 5.73 Å². The molecule has 0 saturated heterocycles. The van der Waals surface area contributed by atoms with E-state index in [1.165, 1.54) is 11.8 Å². The van der Waals surface area contributed by atoms with Gasteiger partial charge in [-0.25, -0.2) is 4.98 Å². The first kappa shape index (κ1) is 12.5. The minimum absolute atomic E-state index is 0.619. The Kier molecular flexibility index (Phi) is 3.54. The summed E-state index contributed by atoms with van der Waals surface area (Å²) in [4.78, 5) is 5.35. The highest BCUT2D eigenvalue weighted by Crippen LogP contribution is 2.33. The van der Waals surface area contributed by atoms with Crippen LogP contribution in [0.3, 0.4) is 0 Å². The number of pyridine rings is 1.